The molecule has 1 atom stereocenters. The molecule has 0 aliphatic rings. The molecule has 2 N–H and O–H groups in total. The first-order valence-corrected chi connectivity index (χ1v) is 7.27. The summed E-state index contributed by atoms with van der Waals surface area (Å²) >= 11 is 0. The molecule has 1 aromatic rings. The van der Waals surface area contributed by atoms with Crippen LogP contribution in [0.15, 0.2) is 17.3 Å². The molecule has 0 radical (unpaired) electrons. The van der Waals surface area contributed by atoms with Crippen molar-refractivity contribution >= 4 is 16.0 Å². The maximum absolute atomic E-state index is 12.1. The van der Waals surface area contributed by atoms with E-state index in [-0.39, 0.29) is 22.9 Å². The number of rotatable bonds is 5. The van der Waals surface area contributed by atoms with Crippen molar-refractivity contribution in [3.05, 3.63) is 12.4 Å². The van der Waals surface area contributed by atoms with E-state index in [2.05, 4.69) is 9.82 Å². The third-order valence-electron chi connectivity index (χ3n) is 2.85. The van der Waals surface area contributed by atoms with Gasteiger partial charge in [0.1, 0.15) is 11.4 Å². The Labute approximate surface area is 112 Å². The predicted molar refractivity (Wildman–Crippen MR) is 69.1 cm³/mol. The Morgan fingerprint density at radius 1 is 1.53 bits per heavy atom. The highest BCUT2D eigenvalue weighted by Gasteiger charge is 2.26. The van der Waals surface area contributed by atoms with E-state index in [1.165, 1.54) is 6.20 Å². The molecule has 0 aliphatic heterocycles. The van der Waals surface area contributed by atoms with E-state index in [0.717, 1.165) is 10.9 Å². The Kier molecular flexibility index (Phi) is 4.36. The van der Waals surface area contributed by atoms with E-state index < -0.39 is 16.0 Å². The lowest BCUT2D eigenvalue weighted by Gasteiger charge is -2.27. The molecular formula is C11H19N3O4S. The van der Waals surface area contributed by atoms with Crippen LogP contribution in [0.2, 0.25) is 0 Å². The molecule has 0 bridgehead atoms. The molecule has 7 nitrogen and oxygen atoms in total. The van der Waals surface area contributed by atoms with Gasteiger partial charge in [-0.1, -0.05) is 20.8 Å². The molecule has 1 rings (SSSR count). The van der Waals surface area contributed by atoms with E-state index in [1.54, 1.807) is 6.92 Å². The molecule has 1 heterocycles. The number of aromatic nitrogens is 2. The van der Waals surface area contributed by atoms with Gasteiger partial charge in [0, 0.05) is 12.2 Å². The fraction of sp³-hybridized carbons (Fsp3) is 0.636. The van der Waals surface area contributed by atoms with Gasteiger partial charge in [0.2, 0.25) is 10.0 Å². The smallest absolute Gasteiger partial charge is 0.325 e. The Bertz CT molecular complexity index is 557. The van der Waals surface area contributed by atoms with E-state index >= 15 is 0 Å². The normalized spacial score (nSPS) is 14.3. The fourth-order valence-electron chi connectivity index (χ4n) is 1.19. The van der Waals surface area contributed by atoms with Gasteiger partial charge in [-0.2, -0.15) is 5.10 Å². The average Bonchev–Trinajstić information content (AvgIpc) is 2.63. The highest BCUT2D eigenvalue weighted by atomic mass is 32.2. The first-order chi connectivity index (χ1) is 8.52. The largest absolute Gasteiger partial charge is 0.480 e. The molecule has 0 spiro atoms. The minimum absolute atomic E-state index is 0.0372. The van der Waals surface area contributed by atoms with Crippen molar-refractivity contribution in [3.8, 4) is 0 Å². The number of sulfonamides is 1. The highest BCUT2D eigenvalue weighted by molar-refractivity contribution is 7.89. The van der Waals surface area contributed by atoms with Gasteiger partial charge in [0.05, 0.1) is 6.20 Å². The summed E-state index contributed by atoms with van der Waals surface area (Å²) in [6, 6.07) is -0.264. The monoisotopic (exact) mass is 289 g/mol. The average molecular weight is 289 g/mol. The third kappa shape index (κ3) is 4.32. The summed E-state index contributed by atoms with van der Waals surface area (Å²) in [7, 11) is -3.68. The molecule has 0 saturated carbocycles. The minimum atomic E-state index is -3.68. The van der Waals surface area contributed by atoms with Crippen molar-refractivity contribution in [1.29, 1.82) is 0 Å². The summed E-state index contributed by atoms with van der Waals surface area (Å²) in [4.78, 5) is 10.5. The molecule has 0 aromatic carbocycles. The zero-order valence-corrected chi connectivity index (χ0v) is 12.2. The second kappa shape index (κ2) is 5.30. The second-order valence-electron chi connectivity index (χ2n) is 5.48. The molecule has 1 aromatic heterocycles. The van der Waals surface area contributed by atoms with Crippen LogP contribution in [0.1, 0.15) is 27.7 Å². The van der Waals surface area contributed by atoms with E-state index in [0.29, 0.717) is 0 Å². The van der Waals surface area contributed by atoms with Crippen molar-refractivity contribution in [1.82, 2.24) is 14.5 Å². The van der Waals surface area contributed by atoms with Gasteiger partial charge < -0.3 is 5.11 Å². The SMILES string of the molecule is CC(NS(=O)(=O)c1cnn(CC(=O)O)c1)C(C)(C)C. The van der Waals surface area contributed by atoms with Crippen molar-refractivity contribution in [2.24, 2.45) is 5.41 Å². The van der Waals surface area contributed by atoms with Crippen LogP contribution in [0, 0.1) is 5.41 Å². The molecule has 0 saturated heterocycles. The Morgan fingerprint density at radius 2 is 2.11 bits per heavy atom. The van der Waals surface area contributed by atoms with Crippen molar-refractivity contribution < 1.29 is 18.3 Å². The van der Waals surface area contributed by atoms with Gasteiger partial charge in [0.15, 0.2) is 0 Å². The topological polar surface area (TPSA) is 101 Å². The number of hydrogen-bond donors (Lipinski definition) is 2. The van der Waals surface area contributed by atoms with Gasteiger partial charge in [-0.3, -0.25) is 9.48 Å². The lowest BCUT2D eigenvalue weighted by atomic mass is 9.89. The summed E-state index contributed by atoms with van der Waals surface area (Å²) < 4.78 is 27.8. The lowest BCUT2D eigenvalue weighted by Crippen LogP contribution is -2.41. The molecule has 19 heavy (non-hydrogen) atoms. The molecule has 108 valence electrons. The van der Waals surface area contributed by atoms with Crippen LogP contribution in [0.25, 0.3) is 0 Å². The van der Waals surface area contributed by atoms with Crippen LogP contribution >= 0.6 is 0 Å². The zero-order valence-electron chi connectivity index (χ0n) is 11.4. The number of hydrogen-bond acceptors (Lipinski definition) is 4. The van der Waals surface area contributed by atoms with Crippen molar-refractivity contribution in [2.75, 3.05) is 0 Å². The van der Waals surface area contributed by atoms with Crippen LogP contribution in [0.4, 0.5) is 0 Å². The van der Waals surface area contributed by atoms with Gasteiger partial charge >= 0.3 is 5.97 Å². The number of nitrogens with zero attached hydrogens (tertiary/aromatic N) is 2. The molecular weight excluding hydrogens is 270 g/mol. The Balaban J connectivity index is 2.89. The van der Waals surface area contributed by atoms with Crippen LogP contribution < -0.4 is 4.72 Å². The zero-order chi connectivity index (χ0) is 14.8. The van der Waals surface area contributed by atoms with Crippen molar-refractivity contribution in [2.45, 2.75) is 45.2 Å². The van der Waals surface area contributed by atoms with Crippen molar-refractivity contribution in [3.63, 3.8) is 0 Å². The van der Waals surface area contributed by atoms with Gasteiger partial charge in [-0.25, -0.2) is 13.1 Å². The predicted octanol–water partition coefficient (Wildman–Crippen LogP) is 0.681. The number of aliphatic carboxylic acids is 1. The van der Waals surface area contributed by atoms with Crippen LogP contribution in [-0.2, 0) is 21.4 Å². The number of carbonyl (C=O) groups is 1. The summed E-state index contributed by atoms with van der Waals surface area (Å²) in [6.07, 6.45) is 2.34. The first-order valence-electron chi connectivity index (χ1n) is 5.79. The minimum Gasteiger partial charge on any atom is -0.480 e. The molecule has 8 heteroatoms. The van der Waals surface area contributed by atoms with Crippen LogP contribution in [-0.4, -0.2) is 35.3 Å². The number of carboxylic acid groups (broad SMARTS) is 1. The van der Waals surface area contributed by atoms with Gasteiger partial charge in [-0.15, -0.1) is 0 Å². The van der Waals surface area contributed by atoms with Crippen LogP contribution in [0.3, 0.4) is 0 Å². The fourth-order valence-corrected chi connectivity index (χ4v) is 2.59. The van der Waals surface area contributed by atoms with Crippen LogP contribution in [0.5, 0.6) is 0 Å². The third-order valence-corrected chi connectivity index (χ3v) is 4.34. The van der Waals surface area contributed by atoms with E-state index in [4.69, 9.17) is 5.11 Å². The maximum atomic E-state index is 12.1. The summed E-state index contributed by atoms with van der Waals surface area (Å²) in [5.41, 5.74) is -0.218. The second-order valence-corrected chi connectivity index (χ2v) is 7.19. The molecule has 0 amide bonds. The number of nitrogens with one attached hydrogen (secondary N) is 1. The lowest BCUT2D eigenvalue weighted by molar-refractivity contribution is -0.137. The summed E-state index contributed by atoms with van der Waals surface area (Å²) in [5, 5.41) is 12.3. The Morgan fingerprint density at radius 3 is 2.58 bits per heavy atom. The van der Waals surface area contributed by atoms with E-state index in [9.17, 15) is 13.2 Å². The van der Waals surface area contributed by atoms with Gasteiger partial charge in [-0.05, 0) is 12.3 Å². The molecule has 0 aliphatic carbocycles. The van der Waals surface area contributed by atoms with Gasteiger partial charge in [0.25, 0.3) is 0 Å². The summed E-state index contributed by atoms with van der Waals surface area (Å²) in [6.45, 7) is 7.18. The highest BCUT2D eigenvalue weighted by Crippen LogP contribution is 2.20. The Hall–Kier alpha value is -1.41. The molecule has 0 fully saturated rings. The van der Waals surface area contributed by atoms with E-state index in [1.807, 2.05) is 20.8 Å². The molecule has 1 unspecified atom stereocenters. The maximum Gasteiger partial charge on any atom is 0.325 e. The standard InChI is InChI=1S/C11H19N3O4S/c1-8(11(2,3)4)13-19(17,18)9-5-12-14(6-9)7-10(15)16/h5-6,8,13H,7H2,1-4H3,(H,15,16). The number of carboxylic acids is 1. The summed E-state index contributed by atoms with van der Waals surface area (Å²) in [5.74, 6) is -1.08. The first kappa shape index (κ1) is 15.6. The quantitative estimate of drug-likeness (QED) is 0.830.